The van der Waals surface area contributed by atoms with Crippen molar-refractivity contribution in [3.63, 3.8) is 0 Å². The molecule has 4 rings (SSSR count). The van der Waals surface area contributed by atoms with Gasteiger partial charge in [-0.1, -0.05) is 31.0 Å². The number of carbonyl (C=O) groups is 3. The highest BCUT2D eigenvalue weighted by Gasteiger charge is 2.71. The molecule has 3 fully saturated rings. The van der Waals surface area contributed by atoms with Crippen molar-refractivity contribution in [2.75, 3.05) is 6.07 Å². The molecule has 0 bridgehead atoms. The Hall–Kier alpha value is -1.11. The molecule has 30 heavy (non-hydrogen) atoms. The molecule has 0 amide bonds. The van der Waals surface area contributed by atoms with Crippen molar-refractivity contribution in [2.45, 2.75) is 70.5 Å². The molecule has 0 spiro atoms. The van der Waals surface area contributed by atoms with Crippen LogP contribution in [0.4, 0.5) is 4.79 Å². The third-order valence-electron chi connectivity index (χ3n) is 8.79. The molecule has 0 aromatic rings. The SMILES string of the molecule is CC12CCC(=O)C=C1CCC1C2C(O)CC2(C)C1CC[C@]2(OC(=O)Cl)C(=O)OCCl. The number of esters is 1. The van der Waals surface area contributed by atoms with Crippen LogP contribution in [0.3, 0.4) is 0 Å². The smallest absolute Gasteiger partial charge is 0.404 e. The van der Waals surface area contributed by atoms with E-state index in [0.29, 0.717) is 12.8 Å². The summed E-state index contributed by atoms with van der Waals surface area (Å²) in [6.07, 6.45) is 5.18. The van der Waals surface area contributed by atoms with E-state index in [1.807, 2.05) is 6.92 Å². The van der Waals surface area contributed by atoms with Crippen molar-refractivity contribution < 1.29 is 29.0 Å². The lowest BCUT2D eigenvalue weighted by Crippen LogP contribution is -2.62. The molecule has 0 aromatic heterocycles. The van der Waals surface area contributed by atoms with Crippen molar-refractivity contribution in [1.82, 2.24) is 0 Å². The van der Waals surface area contributed by atoms with Gasteiger partial charge in [-0.25, -0.2) is 9.59 Å². The van der Waals surface area contributed by atoms with Gasteiger partial charge in [-0.2, -0.15) is 0 Å². The van der Waals surface area contributed by atoms with E-state index in [9.17, 15) is 19.5 Å². The Kier molecular flexibility index (Phi) is 5.52. The molecule has 4 aliphatic rings. The normalized spacial score (nSPS) is 45.0. The second kappa shape index (κ2) is 7.49. The number of ether oxygens (including phenoxy) is 2. The third-order valence-corrected chi connectivity index (χ3v) is 8.97. The summed E-state index contributed by atoms with van der Waals surface area (Å²) in [5, 5.41) is 11.4. The summed E-state index contributed by atoms with van der Waals surface area (Å²) in [6.45, 7) is 4.06. The van der Waals surface area contributed by atoms with Gasteiger partial charge in [0.1, 0.15) is 0 Å². The maximum atomic E-state index is 13.0. The second-order valence-corrected chi connectivity index (χ2v) is 10.4. The first-order valence-electron chi connectivity index (χ1n) is 10.6. The zero-order valence-electron chi connectivity index (χ0n) is 17.3. The number of aliphatic hydroxyl groups is 1. The van der Waals surface area contributed by atoms with E-state index >= 15 is 0 Å². The number of alkyl halides is 1. The zero-order valence-corrected chi connectivity index (χ0v) is 18.8. The van der Waals surface area contributed by atoms with Gasteiger partial charge >= 0.3 is 11.4 Å². The van der Waals surface area contributed by atoms with Gasteiger partial charge in [0.05, 0.1) is 6.10 Å². The predicted molar refractivity (Wildman–Crippen MR) is 110 cm³/mol. The summed E-state index contributed by atoms with van der Waals surface area (Å²) in [4.78, 5) is 36.7. The molecule has 7 atom stereocenters. The molecule has 0 radical (unpaired) electrons. The van der Waals surface area contributed by atoms with E-state index in [0.717, 1.165) is 24.8 Å². The number of rotatable bonds is 3. The highest BCUT2D eigenvalue weighted by atomic mass is 35.5. The fraction of sp³-hybridized carbons (Fsp3) is 0.773. The Morgan fingerprint density at radius 3 is 2.63 bits per heavy atom. The Labute approximate surface area is 186 Å². The highest BCUT2D eigenvalue weighted by molar-refractivity contribution is 6.61. The van der Waals surface area contributed by atoms with Crippen LogP contribution in [0.5, 0.6) is 0 Å². The number of ketones is 1. The molecule has 0 saturated heterocycles. The van der Waals surface area contributed by atoms with E-state index < -0.39 is 28.5 Å². The van der Waals surface area contributed by atoms with Crippen LogP contribution in [-0.2, 0) is 19.1 Å². The number of hydrogen-bond acceptors (Lipinski definition) is 6. The Bertz CT molecular complexity index is 811. The standard InChI is InChI=1S/C22H28Cl2O6/c1-20-7-5-13(25)9-12(20)3-4-14-15-6-8-22(30-19(24)28,18(27)29-11-23)21(15,2)10-16(26)17(14)20/h9,14-17,26H,3-8,10-11H2,1-2H3/t14?,15?,16?,17?,20?,21?,22-/m0/s1. The monoisotopic (exact) mass is 458 g/mol. The van der Waals surface area contributed by atoms with E-state index in [1.165, 1.54) is 0 Å². The minimum absolute atomic E-state index is 0.00442. The van der Waals surface area contributed by atoms with Crippen molar-refractivity contribution in [2.24, 2.45) is 28.6 Å². The fourth-order valence-corrected chi connectivity index (χ4v) is 7.75. The number of hydrogen-bond donors (Lipinski definition) is 1. The van der Waals surface area contributed by atoms with E-state index in [-0.39, 0.29) is 47.9 Å². The Balaban J connectivity index is 1.75. The first-order valence-corrected chi connectivity index (χ1v) is 11.5. The van der Waals surface area contributed by atoms with E-state index in [2.05, 4.69) is 6.92 Å². The lowest BCUT2D eigenvalue weighted by molar-refractivity contribution is -0.196. The summed E-state index contributed by atoms with van der Waals surface area (Å²) < 4.78 is 10.6. The molecule has 166 valence electrons. The molecule has 0 heterocycles. The van der Waals surface area contributed by atoms with Gasteiger partial charge in [0.2, 0.25) is 5.60 Å². The van der Waals surface area contributed by atoms with Gasteiger partial charge in [-0.05, 0) is 67.8 Å². The number of fused-ring (bicyclic) bond motifs is 5. The number of allylic oxidation sites excluding steroid dienone is 1. The predicted octanol–water partition coefficient (Wildman–Crippen LogP) is 4.34. The van der Waals surface area contributed by atoms with Crippen molar-refractivity contribution in [3.05, 3.63) is 11.6 Å². The van der Waals surface area contributed by atoms with E-state index in [4.69, 9.17) is 32.7 Å². The number of carbonyl (C=O) groups excluding carboxylic acids is 3. The van der Waals surface area contributed by atoms with Crippen LogP contribution >= 0.6 is 23.2 Å². The molecule has 4 aliphatic carbocycles. The topological polar surface area (TPSA) is 89.9 Å². The van der Waals surface area contributed by atoms with Crippen molar-refractivity contribution in [3.8, 4) is 0 Å². The second-order valence-electron chi connectivity index (χ2n) is 9.82. The van der Waals surface area contributed by atoms with Crippen molar-refractivity contribution in [1.29, 1.82) is 0 Å². The largest absolute Gasteiger partial charge is 0.446 e. The molecule has 6 unspecified atom stereocenters. The van der Waals surface area contributed by atoms with Crippen LogP contribution in [0.2, 0.25) is 0 Å². The molecular formula is C22H28Cl2O6. The lowest BCUT2D eigenvalue weighted by Gasteiger charge is -2.60. The fourth-order valence-electron chi connectivity index (χ4n) is 7.52. The summed E-state index contributed by atoms with van der Waals surface area (Å²) in [7, 11) is 0. The summed E-state index contributed by atoms with van der Waals surface area (Å²) in [5.41, 5.74) is -2.53. The van der Waals surface area contributed by atoms with Crippen LogP contribution in [0.1, 0.15) is 58.8 Å². The van der Waals surface area contributed by atoms with Crippen LogP contribution in [0, 0.1) is 28.6 Å². The van der Waals surface area contributed by atoms with E-state index in [1.54, 1.807) is 6.08 Å². The molecule has 0 aliphatic heterocycles. The van der Waals surface area contributed by atoms with Gasteiger partial charge in [-0.15, -0.1) is 0 Å². The van der Waals surface area contributed by atoms with Crippen LogP contribution < -0.4 is 0 Å². The lowest BCUT2D eigenvalue weighted by atomic mass is 9.45. The van der Waals surface area contributed by atoms with Gasteiger partial charge < -0.3 is 14.6 Å². The summed E-state index contributed by atoms with van der Waals surface area (Å²) >= 11 is 11.2. The van der Waals surface area contributed by atoms with Gasteiger partial charge in [0, 0.05) is 23.4 Å². The van der Waals surface area contributed by atoms with Crippen LogP contribution in [0.15, 0.2) is 11.6 Å². The van der Waals surface area contributed by atoms with Crippen LogP contribution in [-0.4, -0.2) is 40.1 Å². The maximum absolute atomic E-state index is 13.0. The third kappa shape index (κ3) is 2.97. The zero-order chi connectivity index (χ0) is 21.9. The first kappa shape index (κ1) is 22.1. The molecule has 6 nitrogen and oxygen atoms in total. The van der Waals surface area contributed by atoms with Gasteiger partial charge in [0.15, 0.2) is 11.8 Å². The average molecular weight is 459 g/mol. The Morgan fingerprint density at radius 2 is 1.97 bits per heavy atom. The van der Waals surface area contributed by atoms with Crippen LogP contribution in [0.25, 0.3) is 0 Å². The molecular weight excluding hydrogens is 431 g/mol. The maximum Gasteiger partial charge on any atom is 0.404 e. The molecule has 3 saturated carbocycles. The quantitative estimate of drug-likeness (QED) is 0.384. The first-order chi connectivity index (χ1) is 14.1. The minimum Gasteiger partial charge on any atom is -0.446 e. The minimum atomic E-state index is -1.56. The van der Waals surface area contributed by atoms with Gasteiger partial charge in [-0.3, -0.25) is 4.79 Å². The van der Waals surface area contributed by atoms with Crippen molar-refractivity contribution >= 4 is 40.4 Å². The number of aliphatic hydroxyl groups excluding tert-OH is 1. The average Bonchev–Trinajstić information content (AvgIpc) is 2.94. The summed E-state index contributed by atoms with van der Waals surface area (Å²) in [6, 6.07) is -0.351. The molecule has 1 N–H and O–H groups in total. The molecule has 8 heteroatoms. The highest BCUT2D eigenvalue weighted by Crippen LogP contribution is 2.68. The number of halogens is 2. The Morgan fingerprint density at radius 1 is 1.23 bits per heavy atom. The summed E-state index contributed by atoms with van der Waals surface area (Å²) in [5.74, 6) is -0.341. The molecule has 0 aromatic carbocycles. The van der Waals surface area contributed by atoms with Gasteiger partial charge in [0.25, 0.3) is 0 Å².